The predicted molar refractivity (Wildman–Crippen MR) is 119 cm³/mol. The molecule has 0 bridgehead atoms. The molecule has 0 saturated heterocycles. The summed E-state index contributed by atoms with van der Waals surface area (Å²) in [6.07, 6.45) is 4.46. The van der Waals surface area contributed by atoms with Crippen molar-refractivity contribution < 1.29 is 9.59 Å². The number of urea groups is 1. The van der Waals surface area contributed by atoms with E-state index in [-0.39, 0.29) is 18.0 Å². The molecule has 3 N–H and O–H groups in total. The van der Waals surface area contributed by atoms with Gasteiger partial charge < -0.3 is 16.0 Å². The molecule has 1 aliphatic rings. The first-order valence-electron chi connectivity index (χ1n) is 10.8. The van der Waals surface area contributed by atoms with Gasteiger partial charge in [-0.3, -0.25) is 4.79 Å². The molecule has 2 aromatic carbocycles. The van der Waals surface area contributed by atoms with Gasteiger partial charge in [0.25, 0.3) is 5.91 Å². The molecule has 162 valence electrons. The summed E-state index contributed by atoms with van der Waals surface area (Å²) in [6.45, 7) is 3.41. The normalized spacial score (nSPS) is 14.0. The zero-order chi connectivity index (χ0) is 21.6. The lowest BCUT2D eigenvalue weighted by Crippen LogP contribution is -2.36. The summed E-state index contributed by atoms with van der Waals surface area (Å²) >= 11 is 0. The number of carbonyl (C=O) groups excluding carboxylic acids is 2. The highest BCUT2D eigenvalue weighted by molar-refractivity contribution is 5.97. The first kappa shape index (κ1) is 20.8. The maximum absolute atomic E-state index is 12.5. The Balaban J connectivity index is 1.27. The number of hydrogen-bond donors (Lipinski definition) is 3. The van der Waals surface area contributed by atoms with E-state index in [0.29, 0.717) is 30.7 Å². The number of fused-ring (bicyclic) bond motifs is 1. The van der Waals surface area contributed by atoms with Crippen LogP contribution in [0.25, 0.3) is 11.0 Å². The molecule has 3 amide bonds. The summed E-state index contributed by atoms with van der Waals surface area (Å²) in [4.78, 5) is 24.5. The third-order valence-corrected chi connectivity index (χ3v) is 5.65. The van der Waals surface area contributed by atoms with Gasteiger partial charge >= 0.3 is 6.03 Å². The highest BCUT2D eigenvalue weighted by atomic mass is 16.2. The van der Waals surface area contributed by atoms with Gasteiger partial charge in [-0.15, -0.1) is 5.10 Å². The number of nitrogens with zero attached hydrogens (tertiary/aromatic N) is 3. The third-order valence-electron chi connectivity index (χ3n) is 5.65. The van der Waals surface area contributed by atoms with Crippen LogP contribution in [0.15, 0.2) is 42.5 Å². The Morgan fingerprint density at radius 3 is 2.61 bits per heavy atom. The van der Waals surface area contributed by atoms with Crippen molar-refractivity contribution >= 4 is 23.0 Å². The van der Waals surface area contributed by atoms with E-state index in [1.807, 2.05) is 37.3 Å². The average molecular weight is 421 g/mol. The summed E-state index contributed by atoms with van der Waals surface area (Å²) in [6, 6.07) is 13.5. The molecule has 1 aromatic heterocycles. The van der Waals surface area contributed by atoms with Crippen LogP contribution in [0.3, 0.4) is 0 Å². The molecule has 4 rings (SSSR count). The second-order valence-corrected chi connectivity index (χ2v) is 8.07. The van der Waals surface area contributed by atoms with Crippen molar-refractivity contribution in [3.8, 4) is 0 Å². The van der Waals surface area contributed by atoms with Crippen LogP contribution in [0, 0.1) is 6.92 Å². The molecular weight excluding hydrogens is 392 g/mol. The average Bonchev–Trinajstić information content (AvgIpc) is 3.43. The van der Waals surface area contributed by atoms with E-state index >= 15 is 0 Å². The van der Waals surface area contributed by atoms with Crippen molar-refractivity contribution in [3.63, 3.8) is 0 Å². The Kier molecular flexibility index (Phi) is 6.45. The molecule has 8 heteroatoms. The molecule has 0 radical (unpaired) electrons. The maximum atomic E-state index is 12.5. The van der Waals surface area contributed by atoms with Crippen LogP contribution in [0.1, 0.15) is 47.2 Å². The highest BCUT2D eigenvalue weighted by Gasteiger charge is 2.18. The van der Waals surface area contributed by atoms with Crippen LogP contribution in [0.5, 0.6) is 0 Å². The first-order chi connectivity index (χ1) is 15.1. The molecule has 0 atom stereocenters. The topological polar surface area (TPSA) is 101 Å². The molecule has 1 saturated carbocycles. The van der Waals surface area contributed by atoms with Crippen LogP contribution in [-0.2, 0) is 13.1 Å². The summed E-state index contributed by atoms with van der Waals surface area (Å²) in [7, 11) is 0. The standard InChI is InChI=1S/C23H28N6O2/c1-16-6-8-17(9-7-16)15-25-23(31)24-12-13-29-21-11-10-18(14-20(21)27-28-29)22(30)26-19-4-2-3-5-19/h6-11,14,19H,2-5,12-13,15H2,1H3,(H,26,30)(H2,24,25,31). The van der Waals surface area contributed by atoms with Crippen molar-refractivity contribution in [1.82, 2.24) is 30.9 Å². The number of aromatic nitrogens is 3. The Bertz CT molecular complexity index is 1050. The number of carbonyl (C=O) groups is 2. The zero-order valence-electron chi connectivity index (χ0n) is 17.7. The first-order valence-corrected chi connectivity index (χ1v) is 10.8. The van der Waals surface area contributed by atoms with Crippen molar-refractivity contribution in [2.24, 2.45) is 0 Å². The number of hydrogen-bond acceptors (Lipinski definition) is 4. The van der Waals surface area contributed by atoms with Gasteiger partial charge in [0.2, 0.25) is 0 Å². The second kappa shape index (κ2) is 9.59. The molecular formula is C23H28N6O2. The molecule has 3 aromatic rings. The lowest BCUT2D eigenvalue weighted by atomic mass is 10.1. The Morgan fingerprint density at radius 2 is 1.84 bits per heavy atom. The highest BCUT2D eigenvalue weighted by Crippen LogP contribution is 2.19. The fourth-order valence-corrected chi connectivity index (χ4v) is 3.84. The molecule has 0 spiro atoms. The van der Waals surface area contributed by atoms with Gasteiger partial charge in [-0.2, -0.15) is 0 Å². The molecule has 0 aliphatic heterocycles. The van der Waals surface area contributed by atoms with Gasteiger partial charge in [-0.05, 0) is 43.5 Å². The van der Waals surface area contributed by atoms with Gasteiger partial charge in [-0.25, -0.2) is 9.48 Å². The molecule has 1 heterocycles. The van der Waals surface area contributed by atoms with E-state index in [0.717, 1.165) is 23.9 Å². The Labute approximate surface area is 181 Å². The van der Waals surface area contributed by atoms with Crippen molar-refractivity contribution in [3.05, 3.63) is 59.2 Å². The summed E-state index contributed by atoms with van der Waals surface area (Å²) < 4.78 is 1.73. The summed E-state index contributed by atoms with van der Waals surface area (Å²) in [5, 5.41) is 17.1. The number of amides is 3. The lowest BCUT2D eigenvalue weighted by Gasteiger charge is -2.11. The quantitative estimate of drug-likeness (QED) is 0.547. The molecule has 1 fully saturated rings. The Hall–Kier alpha value is -3.42. The van der Waals surface area contributed by atoms with Gasteiger partial charge in [0.15, 0.2) is 0 Å². The lowest BCUT2D eigenvalue weighted by molar-refractivity contribution is 0.0938. The van der Waals surface area contributed by atoms with Crippen LogP contribution in [0.2, 0.25) is 0 Å². The molecule has 1 aliphatic carbocycles. The minimum Gasteiger partial charge on any atom is -0.349 e. The number of benzene rings is 2. The van der Waals surface area contributed by atoms with E-state index in [1.165, 1.54) is 18.4 Å². The fraction of sp³-hybridized carbons (Fsp3) is 0.391. The minimum absolute atomic E-state index is 0.0599. The molecule has 0 unspecified atom stereocenters. The van der Waals surface area contributed by atoms with Crippen LogP contribution in [0.4, 0.5) is 4.79 Å². The van der Waals surface area contributed by atoms with E-state index in [4.69, 9.17) is 0 Å². The van der Waals surface area contributed by atoms with Crippen LogP contribution in [-0.4, -0.2) is 39.5 Å². The smallest absolute Gasteiger partial charge is 0.315 e. The zero-order valence-corrected chi connectivity index (χ0v) is 17.7. The second-order valence-electron chi connectivity index (χ2n) is 8.07. The fourth-order valence-electron chi connectivity index (χ4n) is 3.84. The van der Waals surface area contributed by atoms with Crippen molar-refractivity contribution in [2.75, 3.05) is 6.54 Å². The number of aryl methyl sites for hydroxylation is 1. The van der Waals surface area contributed by atoms with E-state index in [2.05, 4.69) is 26.3 Å². The van der Waals surface area contributed by atoms with Gasteiger partial charge in [0.1, 0.15) is 5.52 Å². The minimum atomic E-state index is -0.226. The van der Waals surface area contributed by atoms with Crippen molar-refractivity contribution in [1.29, 1.82) is 0 Å². The van der Waals surface area contributed by atoms with E-state index < -0.39 is 0 Å². The maximum Gasteiger partial charge on any atom is 0.315 e. The van der Waals surface area contributed by atoms with Gasteiger partial charge in [0.05, 0.1) is 12.1 Å². The van der Waals surface area contributed by atoms with Crippen LogP contribution >= 0.6 is 0 Å². The van der Waals surface area contributed by atoms with E-state index in [1.54, 1.807) is 16.8 Å². The largest absolute Gasteiger partial charge is 0.349 e. The SMILES string of the molecule is Cc1ccc(CNC(=O)NCCn2nnc3cc(C(=O)NC4CCCC4)ccc32)cc1. The monoisotopic (exact) mass is 420 g/mol. The predicted octanol–water partition coefficient (Wildman–Crippen LogP) is 2.91. The van der Waals surface area contributed by atoms with Crippen LogP contribution < -0.4 is 16.0 Å². The molecule has 31 heavy (non-hydrogen) atoms. The Morgan fingerprint density at radius 1 is 1.06 bits per heavy atom. The van der Waals surface area contributed by atoms with Gasteiger partial charge in [0, 0.05) is 24.7 Å². The van der Waals surface area contributed by atoms with Gasteiger partial charge in [-0.1, -0.05) is 47.9 Å². The number of nitrogens with one attached hydrogen (secondary N) is 3. The summed E-state index contributed by atoms with van der Waals surface area (Å²) in [5.41, 5.74) is 4.34. The number of rotatable bonds is 7. The molecule has 8 nitrogen and oxygen atoms in total. The third kappa shape index (κ3) is 5.39. The van der Waals surface area contributed by atoms with Crippen molar-refractivity contribution in [2.45, 2.75) is 51.7 Å². The van der Waals surface area contributed by atoms with E-state index in [9.17, 15) is 9.59 Å². The summed E-state index contributed by atoms with van der Waals surface area (Å²) in [5.74, 6) is -0.0599.